The molecule has 58 valence electrons. The van der Waals surface area contributed by atoms with Crippen molar-refractivity contribution < 1.29 is 5.21 Å². The van der Waals surface area contributed by atoms with Crippen molar-refractivity contribution in [1.82, 2.24) is 5.06 Å². The van der Waals surface area contributed by atoms with Crippen LogP contribution in [0.4, 0.5) is 0 Å². The highest BCUT2D eigenvalue weighted by Gasteiger charge is 2.34. The number of hydrogen-bond donors (Lipinski definition) is 2. The lowest BCUT2D eigenvalue weighted by Crippen LogP contribution is -2.22. The molecule has 1 atom stereocenters. The van der Waals surface area contributed by atoms with E-state index in [1.54, 1.807) is 0 Å². The Morgan fingerprint density at radius 1 is 1.80 bits per heavy atom. The molecule has 0 amide bonds. The van der Waals surface area contributed by atoms with Crippen molar-refractivity contribution >= 4 is 5.84 Å². The molecule has 0 aliphatic carbocycles. The zero-order chi connectivity index (χ0) is 7.78. The van der Waals surface area contributed by atoms with Crippen LogP contribution in [0.25, 0.3) is 0 Å². The molecule has 1 unspecified atom stereocenters. The highest BCUT2D eigenvalue weighted by atomic mass is 16.5. The lowest BCUT2D eigenvalue weighted by molar-refractivity contribution is -0.0222. The van der Waals surface area contributed by atoms with Gasteiger partial charge in [0, 0.05) is 6.42 Å². The summed E-state index contributed by atoms with van der Waals surface area (Å²) in [7, 11) is 0. The molecule has 0 aromatic heterocycles. The molecule has 0 bridgehead atoms. The Labute approximate surface area is 61.1 Å². The topological polar surface area (TPSA) is 47.3 Å². The van der Waals surface area contributed by atoms with E-state index in [0.29, 0.717) is 18.8 Å². The van der Waals surface area contributed by atoms with E-state index in [1.807, 2.05) is 0 Å². The molecule has 2 N–H and O–H groups in total. The van der Waals surface area contributed by atoms with Gasteiger partial charge in [-0.15, -0.1) is 0 Å². The maximum atomic E-state index is 9.07. The van der Waals surface area contributed by atoms with Gasteiger partial charge in [-0.2, -0.15) is 0 Å². The standard InChI is InChI=1S/C7H14N2O/c1-3-7(2)4-6(8)9(10)5-7/h8,10H,3-5H2,1-2H3. The third-order valence-electron chi connectivity index (χ3n) is 2.29. The molecule has 3 heteroatoms. The second kappa shape index (κ2) is 2.23. The van der Waals surface area contributed by atoms with Crippen molar-refractivity contribution in [3.05, 3.63) is 0 Å². The summed E-state index contributed by atoms with van der Waals surface area (Å²) >= 11 is 0. The maximum Gasteiger partial charge on any atom is 0.121 e. The molecule has 1 rings (SSSR count). The van der Waals surface area contributed by atoms with Crippen LogP contribution in [0.2, 0.25) is 0 Å². The number of hydrogen-bond acceptors (Lipinski definition) is 2. The normalized spacial score (nSPS) is 33.5. The van der Waals surface area contributed by atoms with Crippen LogP contribution in [0.5, 0.6) is 0 Å². The van der Waals surface area contributed by atoms with Crippen LogP contribution >= 0.6 is 0 Å². The van der Waals surface area contributed by atoms with Gasteiger partial charge in [0.1, 0.15) is 5.84 Å². The quantitative estimate of drug-likeness (QED) is 0.582. The average Bonchev–Trinajstić information content (AvgIpc) is 2.10. The molecule has 1 fully saturated rings. The fraction of sp³-hybridized carbons (Fsp3) is 0.857. The van der Waals surface area contributed by atoms with E-state index < -0.39 is 0 Å². The van der Waals surface area contributed by atoms with Gasteiger partial charge in [-0.3, -0.25) is 10.6 Å². The highest BCUT2D eigenvalue weighted by Crippen LogP contribution is 2.32. The fourth-order valence-electron chi connectivity index (χ4n) is 1.25. The molecule has 1 saturated heterocycles. The van der Waals surface area contributed by atoms with Gasteiger partial charge in [0.05, 0.1) is 6.54 Å². The van der Waals surface area contributed by atoms with Gasteiger partial charge in [-0.25, -0.2) is 5.06 Å². The summed E-state index contributed by atoms with van der Waals surface area (Å²) < 4.78 is 0. The minimum absolute atomic E-state index is 0.131. The first-order valence-electron chi connectivity index (χ1n) is 3.61. The summed E-state index contributed by atoms with van der Waals surface area (Å²) in [5.41, 5.74) is 0.131. The summed E-state index contributed by atoms with van der Waals surface area (Å²) in [5.74, 6) is 0.351. The second-order valence-electron chi connectivity index (χ2n) is 3.35. The number of nitrogens with zero attached hydrogens (tertiary/aromatic N) is 1. The fourth-order valence-corrected chi connectivity index (χ4v) is 1.25. The van der Waals surface area contributed by atoms with Crippen LogP contribution in [0, 0.1) is 10.8 Å². The van der Waals surface area contributed by atoms with E-state index in [1.165, 1.54) is 0 Å². The van der Waals surface area contributed by atoms with Gasteiger partial charge in [0.15, 0.2) is 0 Å². The third kappa shape index (κ3) is 1.14. The monoisotopic (exact) mass is 142 g/mol. The molecule has 3 nitrogen and oxygen atoms in total. The molecule has 0 saturated carbocycles. The Kier molecular flexibility index (Phi) is 1.68. The maximum absolute atomic E-state index is 9.07. The van der Waals surface area contributed by atoms with E-state index in [-0.39, 0.29) is 5.41 Å². The van der Waals surface area contributed by atoms with Crippen molar-refractivity contribution in [2.45, 2.75) is 26.7 Å². The third-order valence-corrected chi connectivity index (χ3v) is 2.29. The van der Waals surface area contributed by atoms with Crippen LogP contribution in [0.3, 0.4) is 0 Å². The summed E-state index contributed by atoms with van der Waals surface area (Å²) in [4.78, 5) is 0. The van der Waals surface area contributed by atoms with Gasteiger partial charge in [0.2, 0.25) is 0 Å². The van der Waals surface area contributed by atoms with Crippen LogP contribution in [0.1, 0.15) is 26.7 Å². The molecule has 0 aromatic carbocycles. The minimum atomic E-state index is 0.131. The van der Waals surface area contributed by atoms with Crippen molar-refractivity contribution in [2.75, 3.05) is 6.54 Å². The molecule has 0 spiro atoms. The van der Waals surface area contributed by atoms with Gasteiger partial charge in [0.25, 0.3) is 0 Å². The Bertz CT molecular complexity index is 158. The predicted molar refractivity (Wildman–Crippen MR) is 39.2 cm³/mol. The first-order chi connectivity index (χ1) is 4.57. The van der Waals surface area contributed by atoms with Gasteiger partial charge in [-0.05, 0) is 11.8 Å². The number of amidine groups is 1. The lowest BCUT2D eigenvalue weighted by atomic mass is 9.87. The lowest BCUT2D eigenvalue weighted by Gasteiger charge is -2.18. The second-order valence-corrected chi connectivity index (χ2v) is 3.35. The Morgan fingerprint density at radius 3 is 2.60 bits per heavy atom. The smallest absolute Gasteiger partial charge is 0.121 e. The van der Waals surface area contributed by atoms with Gasteiger partial charge < -0.3 is 0 Å². The first-order valence-corrected chi connectivity index (χ1v) is 3.61. The van der Waals surface area contributed by atoms with E-state index in [0.717, 1.165) is 11.5 Å². The van der Waals surface area contributed by atoms with Crippen LogP contribution in [-0.2, 0) is 0 Å². The van der Waals surface area contributed by atoms with Crippen molar-refractivity contribution in [2.24, 2.45) is 5.41 Å². The number of nitrogens with one attached hydrogen (secondary N) is 1. The van der Waals surface area contributed by atoms with Crippen LogP contribution < -0.4 is 0 Å². The Morgan fingerprint density at radius 2 is 2.40 bits per heavy atom. The Balaban J connectivity index is 2.64. The molecule has 0 aromatic rings. The molecule has 1 heterocycles. The minimum Gasteiger partial charge on any atom is -0.287 e. The van der Waals surface area contributed by atoms with Gasteiger partial charge >= 0.3 is 0 Å². The van der Waals surface area contributed by atoms with Crippen LogP contribution in [-0.4, -0.2) is 22.7 Å². The summed E-state index contributed by atoms with van der Waals surface area (Å²) in [6.45, 7) is 4.80. The molecular weight excluding hydrogens is 128 g/mol. The van der Waals surface area contributed by atoms with Gasteiger partial charge in [-0.1, -0.05) is 13.8 Å². The SMILES string of the molecule is CCC1(C)CC(=N)N(O)C1. The van der Waals surface area contributed by atoms with Crippen LogP contribution in [0.15, 0.2) is 0 Å². The van der Waals surface area contributed by atoms with E-state index in [9.17, 15) is 0 Å². The van der Waals surface area contributed by atoms with E-state index >= 15 is 0 Å². The zero-order valence-electron chi connectivity index (χ0n) is 6.52. The first kappa shape index (κ1) is 7.54. The predicted octanol–water partition coefficient (Wildman–Crippen LogP) is 1.47. The summed E-state index contributed by atoms with van der Waals surface area (Å²) in [6, 6.07) is 0. The molecule has 0 radical (unpaired) electrons. The zero-order valence-corrected chi connectivity index (χ0v) is 6.52. The van der Waals surface area contributed by atoms with Crippen molar-refractivity contribution in [3.63, 3.8) is 0 Å². The highest BCUT2D eigenvalue weighted by molar-refractivity contribution is 5.80. The molecule has 10 heavy (non-hydrogen) atoms. The van der Waals surface area contributed by atoms with E-state index in [4.69, 9.17) is 10.6 Å². The molecule has 1 aliphatic heterocycles. The number of hydroxylamine groups is 2. The average molecular weight is 142 g/mol. The largest absolute Gasteiger partial charge is 0.287 e. The summed E-state index contributed by atoms with van der Waals surface area (Å²) in [5, 5.41) is 17.4. The molecular formula is C7H14N2O. The Hall–Kier alpha value is -0.570. The number of rotatable bonds is 1. The molecule has 1 aliphatic rings. The summed E-state index contributed by atoms with van der Waals surface area (Å²) in [6.07, 6.45) is 1.73. The van der Waals surface area contributed by atoms with E-state index in [2.05, 4.69) is 13.8 Å². The van der Waals surface area contributed by atoms with Crippen molar-refractivity contribution in [1.29, 1.82) is 5.41 Å². The van der Waals surface area contributed by atoms with Crippen molar-refractivity contribution in [3.8, 4) is 0 Å².